The number of hydrazone groups is 1. The van der Waals surface area contributed by atoms with Crippen molar-refractivity contribution in [1.29, 1.82) is 5.26 Å². The summed E-state index contributed by atoms with van der Waals surface area (Å²) in [7, 11) is 0. The molecule has 4 aliphatic rings. The van der Waals surface area contributed by atoms with Gasteiger partial charge in [0.25, 0.3) is 0 Å². The maximum Gasteiger partial charge on any atom is 0.249 e. The second kappa shape index (κ2) is 6.45. The number of aromatic nitrogens is 2. The lowest BCUT2D eigenvalue weighted by Gasteiger charge is -2.69. The van der Waals surface area contributed by atoms with E-state index in [4.69, 9.17) is 0 Å². The zero-order valence-corrected chi connectivity index (χ0v) is 17.1. The number of amides is 1. The zero-order chi connectivity index (χ0) is 22.1. The molecule has 0 saturated heterocycles. The third kappa shape index (κ3) is 2.63. The first-order valence-electron chi connectivity index (χ1n) is 10.6. The summed E-state index contributed by atoms with van der Waals surface area (Å²) < 4.78 is 29.3. The maximum atomic E-state index is 13.7. The highest BCUT2D eigenvalue weighted by molar-refractivity contribution is 5.88. The van der Waals surface area contributed by atoms with E-state index >= 15 is 0 Å². The van der Waals surface area contributed by atoms with Crippen molar-refractivity contribution in [3.63, 3.8) is 0 Å². The highest BCUT2D eigenvalue weighted by Gasteiger charge is 2.72. The molecule has 7 rings (SSSR count). The van der Waals surface area contributed by atoms with Gasteiger partial charge in [-0.3, -0.25) is 9.48 Å². The molecule has 3 aliphatic carbocycles. The lowest BCUT2D eigenvalue weighted by Crippen LogP contribution is -2.68. The molecule has 3 fully saturated rings. The fourth-order valence-corrected chi connectivity index (χ4v) is 5.94. The number of nitriles is 1. The molecule has 3 aromatic rings. The smallest absolute Gasteiger partial charge is 0.249 e. The van der Waals surface area contributed by atoms with Crippen LogP contribution in [-0.2, 0) is 11.3 Å². The van der Waals surface area contributed by atoms with E-state index in [1.807, 2.05) is 28.9 Å². The number of hydrogen-bond acceptors (Lipinski definition) is 4. The van der Waals surface area contributed by atoms with Crippen LogP contribution in [0.25, 0.3) is 10.9 Å². The Balaban J connectivity index is 1.20. The Kier molecular flexibility index (Phi) is 3.85. The minimum absolute atomic E-state index is 0.0128. The summed E-state index contributed by atoms with van der Waals surface area (Å²) in [4.78, 5) is 13.4. The van der Waals surface area contributed by atoms with Gasteiger partial charge in [0.2, 0.25) is 5.91 Å². The molecule has 160 valence electrons. The van der Waals surface area contributed by atoms with Gasteiger partial charge >= 0.3 is 0 Å². The Morgan fingerprint density at radius 2 is 1.88 bits per heavy atom. The fraction of sp³-hybridized carbons (Fsp3) is 0.333. The van der Waals surface area contributed by atoms with Gasteiger partial charge in [-0.25, -0.2) is 13.8 Å². The van der Waals surface area contributed by atoms with E-state index in [0.717, 1.165) is 36.2 Å². The van der Waals surface area contributed by atoms with Gasteiger partial charge in [0, 0.05) is 30.6 Å². The fourth-order valence-electron chi connectivity index (χ4n) is 5.94. The van der Waals surface area contributed by atoms with Crippen molar-refractivity contribution in [2.75, 3.05) is 0 Å². The van der Waals surface area contributed by atoms with E-state index in [1.54, 1.807) is 6.21 Å². The van der Waals surface area contributed by atoms with Gasteiger partial charge in [0.05, 0.1) is 17.0 Å². The number of rotatable bonds is 4. The summed E-state index contributed by atoms with van der Waals surface area (Å²) >= 11 is 0. The average molecular weight is 431 g/mol. The van der Waals surface area contributed by atoms with Crippen LogP contribution in [0.5, 0.6) is 0 Å². The van der Waals surface area contributed by atoms with Crippen LogP contribution in [0.3, 0.4) is 0 Å². The number of nitrogens with zero attached hydrogens (tertiary/aromatic N) is 5. The van der Waals surface area contributed by atoms with Crippen LogP contribution in [0, 0.1) is 33.8 Å². The number of halogens is 2. The predicted octanol–water partition coefficient (Wildman–Crippen LogP) is 4.32. The molecule has 3 saturated carbocycles. The van der Waals surface area contributed by atoms with Crippen LogP contribution in [-0.4, -0.2) is 26.9 Å². The second-order valence-electron chi connectivity index (χ2n) is 9.35. The average Bonchev–Trinajstić information content (AvgIpc) is 3.33. The highest BCUT2D eigenvalue weighted by Crippen LogP contribution is 2.74. The maximum absolute atomic E-state index is 13.7. The lowest BCUT2D eigenvalue weighted by atomic mass is 9.34. The van der Waals surface area contributed by atoms with Gasteiger partial charge in [0.15, 0.2) is 5.69 Å². The minimum Gasteiger partial charge on any atom is -0.272 e. The van der Waals surface area contributed by atoms with Crippen molar-refractivity contribution >= 4 is 23.0 Å². The van der Waals surface area contributed by atoms with E-state index in [9.17, 15) is 18.8 Å². The molecule has 0 spiro atoms. The Morgan fingerprint density at radius 3 is 2.59 bits per heavy atom. The van der Waals surface area contributed by atoms with Crippen LogP contribution >= 0.6 is 0 Å². The zero-order valence-electron chi connectivity index (χ0n) is 17.1. The molecular weight excluding hydrogens is 412 g/mol. The number of hydrogen-bond donors (Lipinski definition) is 0. The second-order valence-corrected chi connectivity index (χ2v) is 9.35. The molecule has 1 aromatic heterocycles. The first-order valence-corrected chi connectivity index (χ1v) is 10.6. The van der Waals surface area contributed by atoms with E-state index in [2.05, 4.69) is 16.3 Å². The van der Waals surface area contributed by atoms with Crippen molar-refractivity contribution in [3.8, 4) is 6.07 Å². The van der Waals surface area contributed by atoms with Gasteiger partial charge in [-0.2, -0.15) is 15.5 Å². The first kappa shape index (κ1) is 19.1. The Labute approximate surface area is 182 Å². The van der Waals surface area contributed by atoms with E-state index < -0.39 is 23.1 Å². The van der Waals surface area contributed by atoms with Gasteiger partial charge in [-0.05, 0) is 54.5 Å². The molecule has 8 heteroatoms. The normalized spacial score (nSPS) is 27.8. The third-order valence-electron chi connectivity index (χ3n) is 7.15. The lowest BCUT2D eigenvalue weighted by molar-refractivity contribution is -0.223. The Bertz CT molecular complexity index is 1310. The molecule has 2 heterocycles. The standard InChI is InChI=1S/C24H19F2N5O/c25-16-7-15(8-17(26)9-16)20-5-6-28-31(20)22(32)24-11-23(12-24,13-24)14-30-21-4-2-1-3-18(21)19(10-27)29-30/h1-4,6-9,20H,5,11-14H2. The summed E-state index contributed by atoms with van der Waals surface area (Å²) in [5, 5.41) is 20.4. The quantitative estimate of drug-likeness (QED) is 0.618. The Hall–Kier alpha value is -3.60. The largest absolute Gasteiger partial charge is 0.272 e. The summed E-state index contributed by atoms with van der Waals surface area (Å²) in [6, 6.07) is 12.7. The topological polar surface area (TPSA) is 74.3 Å². The monoisotopic (exact) mass is 431 g/mol. The summed E-state index contributed by atoms with van der Waals surface area (Å²) in [6.07, 6.45) is 4.25. The molecule has 6 nitrogen and oxygen atoms in total. The number of carbonyl (C=O) groups excluding carboxylic acids is 1. The third-order valence-corrected chi connectivity index (χ3v) is 7.15. The molecule has 1 amide bonds. The van der Waals surface area contributed by atoms with E-state index in [1.165, 1.54) is 17.1 Å². The van der Waals surface area contributed by atoms with E-state index in [-0.39, 0.29) is 11.3 Å². The van der Waals surface area contributed by atoms with Crippen molar-refractivity contribution in [3.05, 3.63) is 65.4 Å². The van der Waals surface area contributed by atoms with Gasteiger partial charge in [-0.1, -0.05) is 12.1 Å². The molecular formula is C24H19F2N5O. The SMILES string of the molecule is N#Cc1nn(CC23CC(C(=O)N4N=CCC4c4cc(F)cc(F)c4)(C2)C3)c2ccccc12. The summed E-state index contributed by atoms with van der Waals surface area (Å²) in [6.45, 7) is 0.659. The van der Waals surface area contributed by atoms with Crippen molar-refractivity contribution in [2.24, 2.45) is 15.9 Å². The van der Waals surface area contributed by atoms with Gasteiger partial charge < -0.3 is 0 Å². The highest BCUT2D eigenvalue weighted by atomic mass is 19.1. The molecule has 1 unspecified atom stereocenters. The summed E-state index contributed by atoms with van der Waals surface area (Å²) in [5.41, 5.74) is 1.27. The van der Waals surface area contributed by atoms with Crippen molar-refractivity contribution < 1.29 is 13.6 Å². The molecule has 32 heavy (non-hydrogen) atoms. The van der Waals surface area contributed by atoms with Crippen LogP contribution < -0.4 is 0 Å². The van der Waals surface area contributed by atoms with Crippen molar-refractivity contribution in [2.45, 2.75) is 38.3 Å². The molecule has 0 radical (unpaired) electrons. The van der Waals surface area contributed by atoms with E-state index in [0.29, 0.717) is 24.2 Å². The Morgan fingerprint density at radius 1 is 1.16 bits per heavy atom. The van der Waals surface area contributed by atoms with Crippen LogP contribution in [0.1, 0.15) is 43.0 Å². The molecule has 0 N–H and O–H groups in total. The number of fused-ring (bicyclic) bond motifs is 1. The first-order chi connectivity index (χ1) is 15.4. The molecule has 1 atom stereocenters. The molecule has 2 aromatic carbocycles. The van der Waals surface area contributed by atoms with Crippen LogP contribution in [0.15, 0.2) is 47.6 Å². The number of benzene rings is 2. The molecule has 1 aliphatic heterocycles. The van der Waals surface area contributed by atoms with Crippen molar-refractivity contribution in [1.82, 2.24) is 14.8 Å². The minimum atomic E-state index is -0.660. The molecule has 2 bridgehead atoms. The predicted molar refractivity (Wildman–Crippen MR) is 112 cm³/mol. The van der Waals surface area contributed by atoms with Crippen LogP contribution in [0.4, 0.5) is 8.78 Å². The summed E-state index contributed by atoms with van der Waals surface area (Å²) in [5.74, 6) is -1.40. The van der Waals surface area contributed by atoms with Crippen LogP contribution in [0.2, 0.25) is 0 Å². The van der Waals surface area contributed by atoms with Gasteiger partial charge in [0.1, 0.15) is 17.7 Å². The number of carbonyl (C=O) groups is 1. The van der Waals surface area contributed by atoms with Gasteiger partial charge in [-0.15, -0.1) is 0 Å². The number of para-hydroxylation sites is 1.